The Balaban J connectivity index is 2.56. The van der Waals surface area contributed by atoms with Crippen molar-refractivity contribution in [2.24, 2.45) is 0 Å². The highest BCUT2D eigenvalue weighted by molar-refractivity contribution is 8.23. The predicted octanol–water partition coefficient (Wildman–Crippen LogP) is -0.648. The number of amides is 2. The molecule has 1 fully saturated rings. The van der Waals surface area contributed by atoms with E-state index in [9.17, 15) is 9.59 Å². The van der Waals surface area contributed by atoms with Gasteiger partial charge in [-0.3, -0.25) is 19.7 Å². The average molecular weight is 206 g/mol. The van der Waals surface area contributed by atoms with Crippen LogP contribution in [-0.4, -0.2) is 38.5 Å². The lowest BCUT2D eigenvalue weighted by atomic mass is 10.5. The number of carbonyl (C=O) groups is 2. The summed E-state index contributed by atoms with van der Waals surface area (Å²) in [4.78, 5) is 22.8. The summed E-state index contributed by atoms with van der Waals surface area (Å²) >= 11 is 6.00. The van der Waals surface area contributed by atoms with Crippen molar-refractivity contribution in [3.8, 4) is 0 Å². The van der Waals surface area contributed by atoms with Crippen LogP contribution in [-0.2, 0) is 9.59 Å². The van der Waals surface area contributed by atoms with Gasteiger partial charge >= 0.3 is 0 Å². The first-order chi connectivity index (χ1) is 5.65. The van der Waals surface area contributed by atoms with Gasteiger partial charge in [0.05, 0.1) is 5.75 Å². The van der Waals surface area contributed by atoms with E-state index in [2.05, 4.69) is 0 Å². The molecule has 12 heavy (non-hydrogen) atoms. The molecule has 0 unspecified atom stereocenters. The highest BCUT2D eigenvalue weighted by Gasteiger charge is 2.27. The van der Waals surface area contributed by atoms with Crippen molar-refractivity contribution < 1.29 is 14.8 Å². The highest BCUT2D eigenvalue weighted by atomic mass is 32.2. The van der Waals surface area contributed by atoms with E-state index in [-0.39, 0.29) is 18.2 Å². The third-order valence-corrected chi connectivity index (χ3v) is 2.70. The molecular weight excluding hydrogens is 200 g/mol. The second-order valence-electron chi connectivity index (χ2n) is 2.07. The molecule has 0 aromatic rings. The van der Waals surface area contributed by atoms with Gasteiger partial charge < -0.3 is 0 Å². The van der Waals surface area contributed by atoms with E-state index in [1.165, 1.54) is 17.2 Å². The maximum Gasteiger partial charge on any atom is 0.263 e. The number of nitrogens with zero attached hydrogens (tertiary/aromatic N) is 1. The molecule has 7 heteroatoms. The van der Waals surface area contributed by atoms with Gasteiger partial charge in [-0.25, -0.2) is 5.48 Å². The fourth-order valence-corrected chi connectivity index (χ4v) is 1.78. The molecule has 0 saturated carbocycles. The molecule has 66 valence electrons. The summed E-state index contributed by atoms with van der Waals surface area (Å²) in [5, 5.41) is 8.18. The van der Waals surface area contributed by atoms with E-state index in [0.717, 1.165) is 4.90 Å². The Morgan fingerprint density at radius 3 is 2.92 bits per heavy atom. The van der Waals surface area contributed by atoms with Gasteiger partial charge in [-0.05, 0) is 0 Å². The molecule has 2 N–H and O–H groups in total. The molecule has 1 rings (SSSR count). The topological polar surface area (TPSA) is 69.6 Å². The lowest BCUT2D eigenvalue weighted by molar-refractivity contribution is -0.134. The van der Waals surface area contributed by atoms with Crippen molar-refractivity contribution >= 4 is 40.1 Å². The Morgan fingerprint density at radius 1 is 1.83 bits per heavy atom. The van der Waals surface area contributed by atoms with Crippen LogP contribution in [0.5, 0.6) is 0 Å². The molecule has 2 amide bonds. The number of hydrogen-bond donors (Lipinski definition) is 2. The molecule has 0 spiro atoms. The monoisotopic (exact) mass is 206 g/mol. The minimum atomic E-state index is -0.645. The van der Waals surface area contributed by atoms with E-state index in [0.29, 0.717) is 4.32 Å². The van der Waals surface area contributed by atoms with Crippen LogP contribution < -0.4 is 5.48 Å². The largest absolute Gasteiger partial charge is 0.289 e. The van der Waals surface area contributed by atoms with Crippen molar-refractivity contribution in [1.29, 1.82) is 0 Å². The van der Waals surface area contributed by atoms with E-state index in [4.69, 9.17) is 17.4 Å². The molecule has 1 aliphatic heterocycles. The lowest BCUT2D eigenvalue weighted by Crippen LogP contribution is -2.38. The third-order valence-electron chi connectivity index (χ3n) is 1.27. The van der Waals surface area contributed by atoms with Crippen molar-refractivity contribution in [1.82, 2.24) is 10.4 Å². The first kappa shape index (κ1) is 9.43. The molecule has 0 aromatic heterocycles. The minimum absolute atomic E-state index is 0.200. The molecule has 0 atom stereocenters. The fourth-order valence-electron chi connectivity index (χ4n) is 0.713. The summed E-state index contributed by atoms with van der Waals surface area (Å²) in [5.74, 6) is -0.570. The number of hydrogen-bond acceptors (Lipinski definition) is 5. The summed E-state index contributed by atoms with van der Waals surface area (Å²) in [6.07, 6.45) is 0. The summed E-state index contributed by atoms with van der Waals surface area (Å²) in [7, 11) is 0. The van der Waals surface area contributed by atoms with Gasteiger partial charge in [0.25, 0.3) is 5.91 Å². The smallest absolute Gasteiger partial charge is 0.263 e. The quantitative estimate of drug-likeness (QED) is 0.357. The SMILES string of the molecule is O=C(CN1C(=O)CSC1=S)NO. The van der Waals surface area contributed by atoms with Crippen molar-refractivity contribution in [3.63, 3.8) is 0 Å². The van der Waals surface area contributed by atoms with Crippen LogP contribution in [0.4, 0.5) is 0 Å². The standard InChI is InChI=1S/C5H6N2O3S2/c8-3(6-10)1-7-4(9)2-12-5(7)11/h10H,1-2H2,(H,6,8). The van der Waals surface area contributed by atoms with Crippen LogP contribution in [0.25, 0.3) is 0 Å². The maximum absolute atomic E-state index is 11.0. The summed E-state index contributed by atoms with van der Waals surface area (Å²) < 4.78 is 0.378. The van der Waals surface area contributed by atoms with E-state index in [1.807, 2.05) is 0 Å². The van der Waals surface area contributed by atoms with Crippen LogP contribution in [0.2, 0.25) is 0 Å². The van der Waals surface area contributed by atoms with Gasteiger partial charge in [-0.2, -0.15) is 0 Å². The van der Waals surface area contributed by atoms with Gasteiger partial charge in [0.2, 0.25) is 5.91 Å². The van der Waals surface area contributed by atoms with Crippen LogP contribution in [0, 0.1) is 0 Å². The molecule has 1 heterocycles. The summed E-state index contributed by atoms with van der Waals surface area (Å²) in [5.41, 5.74) is 1.43. The molecule has 1 aliphatic rings. The van der Waals surface area contributed by atoms with Gasteiger partial charge in [0.1, 0.15) is 10.9 Å². The third kappa shape index (κ3) is 1.93. The number of thiocarbonyl (C=S) groups is 1. The predicted molar refractivity (Wildman–Crippen MR) is 46.7 cm³/mol. The van der Waals surface area contributed by atoms with E-state index >= 15 is 0 Å². The Bertz CT molecular complexity index is 227. The molecule has 0 aromatic carbocycles. The molecule has 1 saturated heterocycles. The first-order valence-corrected chi connectivity index (χ1v) is 4.44. The Kier molecular flexibility index (Phi) is 3.01. The minimum Gasteiger partial charge on any atom is -0.289 e. The molecule has 0 radical (unpaired) electrons. The van der Waals surface area contributed by atoms with Crippen LogP contribution in [0.1, 0.15) is 0 Å². The van der Waals surface area contributed by atoms with Gasteiger partial charge in [-0.15, -0.1) is 0 Å². The summed E-state index contributed by atoms with van der Waals surface area (Å²) in [6.45, 7) is -0.207. The zero-order valence-corrected chi connectivity index (χ0v) is 7.57. The maximum atomic E-state index is 11.0. The van der Waals surface area contributed by atoms with E-state index < -0.39 is 5.91 Å². The Hall–Kier alpha value is -0.660. The normalized spacial score (nSPS) is 16.9. The lowest BCUT2D eigenvalue weighted by Gasteiger charge is -2.12. The number of hydroxylamine groups is 1. The van der Waals surface area contributed by atoms with Gasteiger partial charge in [0, 0.05) is 0 Å². The van der Waals surface area contributed by atoms with Crippen molar-refractivity contribution in [2.45, 2.75) is 0 Å². The number of rotatable bonds is 2. The Labute approximate surface area is 78.1 Å². The summed E-state index contributed by atoms with van der Waals surface area (Å²) in [6, 6.07) is 0. The Morgan fingerprint density at radius 2 is 2.50 bits per heavy atom. The number of nitrogens with one attached hydrogen (secondary N) is 1. The molecule has 0 aliphatic carbocycles. The second kappa shape index (κ2) is 3.83. The number of thioether (sulfide) groups is 1. The molecule has 0 bridgehead atoms. The first-order valence-electron chi connectivity index (χ1n) is 3.05. The zero-order chi connectivity index (χ0) is 9.14. The van der Waals surface area contributed by atoms with Crippen LogP contribution >= 0.6 is 24.0 Å². The fraction of sp³-hybridized carbons (Fsp3) is 0.400. The van der Waals surface area contributed by atoms with Crippen LogP contribution in [0.3, 0.4) is 0 Å². The average Bonchev–Trinajstić information content (AvgIpc) is 2.35. The zero-order valence-electron chi connectivity index (χ0n) is 5.94. The second-order valence-corrected chi connectivity index (χ2v) is 3.68. The molecular formula is C5H6N2O3S2. The van der Waals surface area contributed by atoms with Crippen LogP contribution in [0.15, 0.2) is 0 Å². The molecule has 5 nitrogen and oxygen atoms in total. The van der Waals surface area contributed by atoms with Gasteiger partial charge in [-0.1, -0.05) is 24.0 Å². The highest BCUT2D eigenvalue weighted by Crippen LogP contribution is 2.18. The van der Waals surface area contributed by atoms with Gasteiger partial charge in [0.15, 0.2) is 0 Å². The number of carbonyl (C=O) groups excluding carboxylic acids is 2. The van der Waals surface area contributed by atoms with Crippen molar-refractivity contribution in [2.75, 3.05) is 12.3 Å². The van der Waals surface area contributed by atoms with E-state index in [1.54, 1.807) is 0 Å². The van der Waals surface area contributed by atoms with Crippen molar-refractivity contribution in [3.05, 3.63) is 0 Å².